The molecule has 152 valence electrons. The number of carbonyl (C=O) groups is 2. The molecule has 0 radical (unpaired) electrons. The molecular formula is C22H27N5O2. The molecule has 7 nitrogen and oxygen atoms in total. The van der Waals surface area contributed by atoms with E-state index in [0.717, 1.165) is 25.1 Å². The molecule has 0 N–H and O–H groups in total. The van der Waals surface area contributed by atoms with Crippen molar-refractivity contribution in [3.05, 3.63) is 60.2 Å². The molecule has 0 saturated carbocycles. The third-order valence-electron chi connectivity index (χ3n) is 6.37. The molecule has 0 aromatic carbocycles. The molecule has 4 rings (SSSR count). The van der Waals surface area contributed by atoms with E-state index < -0.39 is 5.54 Å². The second-order valence-corrected chi connectivity index (χ2v) is 8.08. The number of likely N-dealkylation sites (tertiary alicyclic amines) is 1. The smallest absolute Gasteiger partial charge is 0.312 e. The van der Waals surface area contributed by atoms with Gasteiger partial charge < -0.3 is 9.80 Å². The van der Waals surface area contributed by atoms with E-state index in [9.17, 15) is 9.59 Å². The number of likely N-dealkylation sites (N-methyl/N-ethyl adjacent to an activating group) is 1. The molecule has 2 saturated heterocycles. The van der Waals surface area contributed by atoms with Gasteiger partial charge in [-0.3, -0.25) is 19.7 Å². The van der Waals surface area contributed by atoms with Gasteiger partial charge in [0.1, 0.15) is 5.54 Å². The van der Waals surface area contributed by atoms with E-state index in [1.807, 2.05) is 24.4 Å². The van der Waals surface area contributed by atoms with Crippen molar-refractivity contribution in [3.8, 4) is 0 Å². The van der Waals surface area contributed by atoms with Crippen LogP contribution >= 0.6 is 0 Å². The van der Waals surface area contributed by atoms with E-state index in [0.29, 0.717) is 18.9 Å². The van der Waals surface area contributed by atoms with Crippen LogP contribution in [-0.4, -0.2) is 68.3 Å². The number of carbonyl (C=O) groups excluding carboxylic acids is 2. The first-order chi connectivity index (χ1) is 14.0. The van der Waals surface area contributed by atoms with Gasteiger partial charge in [-0.05, 0) is 49.4 Å². The lowest BCUT2D eigenvalue weighted by atomic mass is 9.85. The van der Waals surface area contributed by atoms with Crippen LogP contribution in [0.1, 0.15) is 30.9 Å². The van der Waals surface area contributed by atoms with E-state index in [2.05, 4.69) is 27.9 Å². The van der Waals surface area contributed by atoms with Crippen molar-refractivity contribution in [3.63, 3.8) is 0 Å². The third kappa shape index (κ3) is 3.62. The molecular weight excluding hydrogens is 366 g/mol. The van der Waals surface area contributed by atoms with Crippen molar-refractivity contribution in [2.24, 2.45) is 0 Å². The molecule has 2 aliphatic rings. The molecule has 29 heavy (non-hydrogen) atoms. The number of aromatic nitrogens is 2. The van der Waals surface area contributed by atoms with Crippen LogP contribution in [0.2, 0.25) is 0 Å². The maximum Gasteiger partial charge on any atom is 0.327 e. The molecule has 2 aromatic heterocycles. The molecule has 1 unspecified atom stereocenters. The van der Waals surface area contributed by atoms with Gasteiger partial charge >= 0.3 is 6.03 Å². The molecule has 2 aromatic rings. The summed E-state index contributed by atoms with van der Waals surface area (Å²) in [5.41, 5.74) is 1.36. The van der Waals surface area contributed by atoms with E-state index in [1.165, 1.54) is 10.5 Å². The van der Waals surface area contributed by atoms with Gasteiger partial charge in [-0.2, -0.15) is 0 Å². The Kier molecular flexibility index (Phi) is 5.32. The van der Waals surface area contributed by atoms with Crippen LogP contribution in [0.4, 0.5) is 4.79 Å². The van der Waals surface area contributed by atoms with Crippen LogP contribution in [0.15, 0.2) is 49.1 Å². The van der Waals surface area contributed by atoms with Crippen molar-refractivity contribution >= 4 is 11.9 Å². The van der Waals surface area contributed by atoms with Gasteiger partial charge in [-0.15, -0.1) is 0 Å². The predicted molar refractivity (Wildman–Crippen MR) is 109 cm³/mol. The summed E-state index contributed by atoms with van der Waals surface area (Å²) in [6, 6.07) is 7.92. The topological polar surface area (TPSA) is 69.6 Å². The number of pyridine rings is 2. The van der Waals surface area contributed by atoms with Gasteiger partial charge in [0.15, 0.2) is 0 Å². The summed E-state index contributed by atoms with van der Waals surface area (Å²) in [7, 11) is 1.76. The van der Waals surface area contributed by atoms with Gasteiger partial charge in [-0.25, -0.2) is 4.79 Å². The SMILES string of the molecule is CC(Cc1cccnc1)N1CCC2(CC1)C(=O)N(Cc1cccnc1)C(=O)N2C. The van der Waals surface area contributed by atoms with Crippen molar-refractivity contribution in [1.82, 2.24) is 24.7 Å². The zero-order valence-corrected chi connectivity index (χ0v) is 17.0. The Bertz CT molecular complexity index is 865. The minimum Gasteiger partial charge on any atom is -0.312 e. The van der Waals surface area contributed by atoms with Gasteiger partial charge in [-0.1, -0.05) is 12.1 Å². The Morgan fingerprint density at radius 1 is 1.03 bits per heavy atom. The lowest BCUT2D eigenvalue weighted by molar-refractivity contribution is -0.135. The standard InChI is InChI=1S/C22H27N5O2/c1-17(13-18-5-3-9-23-14-18)26-11-7-22(8-12-26)20(28)27(21(29)25(22)2)16-19-6-4-10-24-15-19/h3-6,9-10,14-15,17H,7-8,11-13,16H2,1-2H3. The second-order valence-electron chi connectivity index (χ2n) is 8.08. The summed E-state index contributed by atoms with van der Waals surface area (Å²) in [6.45, 7) is 4.08. The Labute approximate surface area is 171 Å². The molecule has 1 atom stereocenters. The molecule has 1 spiro atoms. The van der Waals surface area contributed by atoms with Crippen molar-refractivity contribution in [2.45, 2.75) is 44.3 Å². The maximum atomic E-state index is 13.3. The van der Waals surface area contributed by atoms with Crippen LogP contribution in [0.25, 0.3) is 0 Å². The fourth-order valence-electron chi connectivity index (χ4n) is 4.53. The fraction of sp³-hybridized carbons (Fsp3) is 0.455. The first-order valence-corrected chi connectivity index (χ1v) is 10.1. The maximum absolute atomic E-state index is 13.3. The zero-order valence-electron chi connectivity index (χ0n) is 17.0. The second kappa shape index (κ2) is 7.91. The first-order valence-electron chi connectivity index (χ1n) is 10.1. The predicted octanol–water partition coefficient (Wildman–Crippen LogP) is 2.34. The van der Waals surface area contributed by atoms with Crippen molar-refractivity contribution in [2.75, 3.05) is 20.1 Å². The Morgan fingerprint density at radius 3 is 2.24 bits per heavy atom. The van der Waals surface area contributed by atoms with E-state index in [4.69, 9.17) is 0 Å². The number of amides is 3. The van der Waals surface area contributed by atoms with Gasteiger partial charge in [0, 0.05) is 51.0 Å². The summed E-state index contributed by atoms with van der Waals surface area (Å²) < 4.78 is 0. The summed E-state index contributed by atoms with van der Waals surface area (Å²) in [5, 5.41) is 0. The van der Waals surface area contributed by atoms with Crippen LogP contribution < -0.4 is 0 Å². The zero-order chi connectivity index (χ0) is 20.4. The largest absolute Gasteiger partial charge is 0.327 e. The molecule has 0 aliphatic carbocycles. The molecule has 2 fully saturated rings. The summed E-state index contributed by atoms with van der Waals surface area (Å²) in [4.78, 5) is 39.9. The van der Waals surface area contributed by atoms with Crippen LogP contribution in [0.5, 0.6) is 0 Å². The lowest BCUT2D eigenvalue weighted by Crippen LogP contribution is -2.56. The van der Waals surface area contributed by atoms with E-state index in [1.54, 1.807) is 30.5 Å². The highest BCUT2D eigenvalue weighted by atomic mass is 16.2. The highest BCUT2D eigenvalue weighted by Gasteiger charge is 2.56. The highest BCUT2D eigenvalue weighted by Crippen LogP contribution is 2.37. The van der Waals surface area contributed by atoms with Gasteiger partial charge in [0.05, 0.1) is 6.54 Å². The van der Waals surface area contributed by atoms with Crippen molar-refractivity contribution in [1.29, 1.82) is 0 Å². The quantitative estimate of drug-likeness (QED) is 0.730. The molecule has 3 amide bonds. The molecule has 2 aliphatic heterocycles. The number of imide groups is 1. The Morgan fingerprint density at radius 2 is 1.66 bits per heavy atom. The Hall–Kier alpha value is -2.80. The first kappa shape index (κ1) is 19.5. The van der Waals surface area contributed by atoms with Gasteiger partial charge in [0.2, 0.25) is 0 Å². The number of urea groups is 1. The molecule has 0 bridgehead atoms. The fourth-order valence-corrected chi connectivity index (χ4v) is 4.53. The minimum absolute atomic E-state index is 0.0755. The number of rotatable bonds is 5. The average Bonchev–Trinajstić information content (AvgIpc) is 2.92. The minimum atomic E-state index is -0.718. The average molecular weight is 393 g/mol. The number of hydrogen-bond donors (Lipinski definition) is 0. The monoisotopic (exact) mass is 393 g/mol. The van der Waals surface area contributed by atoms with Crippen molar-refractivity contribution < 1.29 is 9.59 Å². The lowest BCUT2D eigenvalue weighted by Gasteiger charge is -2.43. The number of nitrogens with zero attached hydrogens (tertiary/aromatic N) is 5. The summed E-state index contributed by atoms with van der Waals surface area (Å²) >= 11 is 0. The normalized spacial score (nSPS) is 20.5. The van der Waals surface area contributed by atoms with E-state index in [-0.39, 0.29) is 18.5 Å². The molecule has 7 heteroatoms. The van der Waals surface area contributed by atoms with E-state index >= 15 is 0 Å². The summed E-state index contributed by atoms with van der Waals surface area (Å²) in [6.07, 6.45) is 9.34. The molecule has 4 heterocycles. The Balaban J connectivity index is 1.43. The third-order valence-corrected chi connectivity index (χ3v) is 6.37. The van der Waals surface area contributed by atoms with Gasteiger partial charge in [0.25, 0.3) is 5.91 Å². The van der Waals surface area contributed by atoms with Crippen LogP contribution in [0, 0.1) is 0 Å². The number of hydrogen-bond acceptors (Lipinski definition) is 5. The number of piperidine rings is 1. The van der Waals surface area contributed by atoms with Crippen LogP contribution in [-0.2, 0) is 17.8 Å². The van der Waals surface area contributed by atoms with Crippen LogP contribution in [0.3, 0.4) is 0 Å². The highest BCUT2D eigenvalue weighted by molar-refractivity contribution is 6.06. The summed E-state index contributed by atoms with van der Waals surface area (Å²) in [5.74, 6) is -0.0755.